The van der Waals surface area contributed by atoms with Gasteiger partial charge in [-0.05, 0) is 36.8 Å². The van der Waals surface area contributed by atoms with Gasteiger partial charge in [0.25, 0.3) is 10.0 Å². The van der Waals surface area contributed by atoms with Crippen LogP contribution in [-0.2, 0) is 10.0 Å². The number of rotatable bonds is 3. The molecule has 0 spiro atoms. The van der Waals surface area contributed by atoms with Crippen LogP contribution in [0.2, 0.25) is 5.02 Å². The number of anilines is 1. The average Bonchev–Trinajstić information content (AvgIpc) is 2.35. The van der Waals surface area contributed by atoms with E-state index >= 15 is 0 Å². The van der Waals surface area contributed by atoms with Crippen molar-refractivity contribution < 1.29 is 12.8 Å². The molecule has 7 heteroatoms. The van der Waals surface area contributed by atoms with Gasteiger partial charge in [-0.3, -0.25) is 9.71 Å². The number of aromatic nitrogens is 1. The van der Waals surface area contributed by atoms with E-state index in [-0.39, 0.29) is 9.92 Å². The second-order valence-electron chi connectivity index (χ2n) is 3.87. The largest absolute Gasteiger partial charge is 0.279 e. The molecule has 2 aromatic rings. The summed E-state index contributed by atoms with van der Waals surface area (Å²) in [5, 5.41) is -0.0411. The summed E-state index contributed by atoms with van der Waals surface area (Å²) in [6.45, 7) is 1.71. The topological polar surface area (TPSA) is 59.1 Å². The standard InChI is InChI=1S/C12H10ClFN2O2S/c1-8-7-15-5-4-11(8)16-19(17,18)12-6-9(14)2-3-10(12)13/h2-7H,1H3,(H,15,16). The molecule has 0 amide bonds. The molecule has 1 heterocycles. The van der Waals surface area contributed by atoms with Gasteiger partial charge in [-0.15, -0.1) is 0 Å². The first-order valence-electron chi connectivity index (χ1n) is 5.28. The third kappa shape index (κ3) is 3.02. The molecule has 4 nitrogen and oxygen atoms in total. The van der Waals surface area contributed by atoms with Gasteiger partial charge in [0.2, 0.25) is 0 Å². The fourth-order valence-electron chi connectivity index (χ4n) is 1.47. The van der Waals surface area contributed by atoms with Crippen molar-refractivity contribution in [3.8, 4) is 0 Å². The van der Waals surface area contributed by atoms with Crippen molar-refractivity contribution in [1.29, 1.82) is 0 Å². The summed E-state index contributed by atoms with van der Waals surface area (Å²) in [6.07, 6.45) is 2.98. The number of aryl methyl sites for hydroxylation is 1. The van der Waals surface area contributed by atoms with Crippen LogP contribution in [0.1, 0.15) is 5.56 Å². The van der Waals surface area contributed by atoms with E-state index in [9.17, 15) is 12.8 Å². The number of hydrogen-bond donors (Lipinski definition) is 1. The Labute approximate surface area is 115 Å². The van der Waals surface area contributed by atoms with E-state index in [1.54, 1.807) is 6.92 Å². The third-order valence-electron chi connectivity index (χ3n) is 2.45. The number of nitrogens with one attached hydrogen (secondary N) is 1. The Morgan fingerprint density at radius 1 is 1.32 bits per heavy atom. The fourth-order valence-corrected chi connectivity index (χ4v) is 3.11. The van der Waals surface area contributed by atoms with Crippen LogP contribution in [-0.4, -0.2) is 13.4 Å². The highest BCUT2D eigenvalue weighted by atomic mass is 35.5. The van der Waals surface area contributed by atoms with Crippen LogP contribution in [0, 0.1) is 12.7 Å². The first kappa shape index (κ1) is 13.8. The van der Waals surface area contributed by atoms with Crippen LogP contribution in [0.4, 0.5) is 10.1 Å². The van der Waals surface area contributed by atoms with Crippen LogP contribution in [0.3, 0.4) is 0 Å². The Balaban J connectivity index is 2.44. The Bertz CT molecular complexity index is 719. The highest BCUT2D eigenvalue weighted by Crippen LogP contribution is 2.25. The lowest BCUT2D eigenvalue weighted by Gasteiger charge is -2.11. The smallest absolute Gasteiger partial charge is 0.263 e. The van der Waals surface area contributed by atoms with Crippen molar-refractivity contribution >= 4 is 27.3 Å². The average molecular weight is 301 g/mol. The molecule has 0 aliphatic heterocycles. The minimum absolute atomic E-state index is 0.0411. The summed E-state index contributed by atoms with van der Waals surface area (Å²) in [5.74, 6) is -0.670. The van der Waals surface area contributed by atoms with Crippen LogP contribution < -0.4 is 4.72 Å². The second-order valence-corrected chi connectivity index (χ2v) is 5.93. The molecule has 0 unspecified atom stereocenters. The zero-order valence-corrected chi connectivity index (χ0v) is 11.5. The van der Waals surface area contributed by atoms with E-state index in [1.165, 1.54) is 24.5 Å². The zero-order chi connectivity index (χ0) is 14.0. The monoisotopic (exact) mass is 300 g/mol. The molecule has 0 aliphatic carbocycles. The highest BCUT2D eigenvalue weighted by Gasteiger charge is 2.19. The maximum absolute atomic E-state index is 13.1. The molecule has 2 rings (SSSR count). The van der Waals surface area contributed by atoms with Crippen LogP contribution >= 0.6 is 11.6 Å². The van der Waals surface area contributed by atoms with Crippen molar-refractivity contribution in [2.24, 2.45) is 0 Å². The summed E-state index contributed by atoms with van der Waals surface area (Å²) in [7, 11) is -3.94. The number of halogens is 2. The molecular formula is C12H10ClFN2O2S. The van der Waals surface area contributed by atoms with Crippen molar-refractivity contribution in [1.82, 2.24) is 4.98 Å². The lowest BCUT2D eigenvalue weighted by molar-refractivity contribution is 0.595. The Morgan fingerprint density at radius 3 is 2.74 bits per heavy atom. The third-order valence-corrected chi connectivity index (χ3v) is 4.29. The SMILES string of the molecule is Cc1cnccc1NS(=O)(=O)c1cc(F)ccc1Cl. The molecule has 1 aromatic heterocycles. The maximum atomic E-state index is 13.1. The normalized spacial score (nSPS) is 11.3. The highest BCUT2D eigenvalue weighted by molar-refractivity contribution is 7.92. The zero-order valence-electron chi connectivity index (χ0n) is 9.89. The molecule has 0 saturated carbocycles. The van der Waals surface area contributed by atoms with Crippen molar-refractivity contribution in [3.05, 3.63) is 53.1 Å². The minimum atomic E-state index is -3.94. The fraction of sp³-hybridized carbons (Fsp3) is 0.0833. The van der Waals surface area contributed by atoms with Crippen molar-refractivity contribution in [2.75, 3.05) is 4.72 Å². The first-order valence-corrected chi connectivity index (χ1v) is 7.15. The number of sulfonamides is 1. The van der Waals surface area contributed by atoms with E-state index in [1.807, 2.05) is 0 Å². The summed E-state index contributed by atoms with van der Waals surface area (Å²) in [4.78, 5) is 3.56. The molecule has 0 bridgehead atoms. The Kier molecular flexibility index (Phi) is 3.73. The van der Waals surface area contributed by atoms with Gasteiger partial charge < -0.3 is 0 Å². The number of hydrogen-bond acceptors (Lipinski definition) is 3. The van der Waals surface area contributed by atoms with Crippen LogP contribution in [0.5, 0.6) is 0 Å². The molecule has 19 heavy (non-hydrogen) atoms. The van der Waals surface area contributed by atoms with Crippen LogP contribution in [0.15, 0.2) is 41.6 Å². The molecule has 0 saturated heterocycles. The molecule has 0 aliphatic rings. The summed E-state index contributed by atoms with van der Waals surface area (Å²) < 4.78 is 39.8. The lowest BCUT2D eigenvalue weighted by Crippen LogP contribution is -2.14. The number of benzene rings is 1. The van der Waals surface area contributed by atoms with Gasteiger partial charge in [0.1, 0.15) is 10.7 Å². The van der Waals surface area contributed by atoms with E-state index in [0.29, 0.717) is 11.3 Å². The molecule has 0 atom stereocenters. The minimum Gasteiger partial charge on any atom is -0.279 e. The summed E-state index contributed by atoms with van der Waals surface area (Å²) in [6, 6.07) is 4.69. The van der Waals surface area contributed by atoms with Crippen molar-refractivity contribution in [2.45, 2.75) is 11.8 Å². The van der Waals surface area contributed by atoms with Gasteiger partial charge in [0, 0.05) is 12.4 Å². The summed E-state index contributed by atoms with van der Waals surface area (Å²) >= 11 is 5.79. The molecule has 1 aromatic carbocycles. The first-order chi connectivity index (χ1) is 8.90. The molecule has 100 valence electrons. The molecule has 0 fully saturated rings. The van der Waals surface area contributed by atoms with Gasteiger partial charge in [-0.25, -0.2) is 12.8 Å². The molecule has 1 N–H and O–H groups in total. The maximum Gasteiger partial charge on any atom is 0.263 e. The van der Waals surface area contributed by atoms with E-state index in [2.05, 4.69) is 9.71 Å². The Morgan fingerprint density at radius 2 is 2.05 bits per heavy atom. The predicted octanol–water partition coefficient (Wildman–Crippen LogP) is 2.98. The van der Waals surface area contributed by atoms with E-state index in [4.69, 9.17) is 11.6 Å². The Hall–Kier alpha value is -1.66. The number of nitrogens with zero attached hydrogens (tertiary/aromatic N) is 1. The molecule has 0 radical (unpaired) electrons. The van der Waals surface area contributed by atoms with Crippen molar-refractivity contribution in [3.63, 3.8) is 0 Å². The number of pyridine rings is 1. The van der Waals surface area contributed by atoms with E-state index < -0.39 is 15.8 Å². The predicted molar refractivity (Wildman–Crippen MR) is 71.2 cm³/mol. The lowest BCUT2D eigenvalue weighted by atomic mass is 10.3. The molecular weight excluding hydrogens is 291 g/mol. The summed E-state index contributed by atoms with van der Waals surface area (Å²) in [5.41, 5.74) is 1.02. The quantitative estimate of drug-likeness (QED) is 0.948. The van der Waals surface area contributed by atoms with Gasteiger partial charge in [-0.2, -0.15) is 0 Å². The van der Waals surface area contributed by atoms with Gasteiger partial charge >= 0.3 is 0 Å². The van der Waals surface area contributed by atoms with Gasteiger partial charge in [0.15, 0.2) is 0 Å². The second kappa shape index (κ2) is 5.14. The van der Waals surface area contributed by atoms with Gasteiger partial charge in [0.05, 0.1) is 10.7 Å². The van der Waals surface area contributed by atoms with Crippen LogP contribution in [0.25, 0.3) is 0 Å². The van der Waals surface area contributed by atoms with Gasteiger partial charge in [-0.1, -0.05) is 11.6 Å². The van der Waals surface area contributed by atoms with E-state index in [0.717, 1.165) is 12.1 Å².